The van der Waals surface area contributed by atoms with Gasteiger partial charge in [0, 0.05) is 6.54 Å². The summed E-state index contributed by atoms with van der Waals surface area (Å²) in [6.45, 7) is 0.375. The fourth-order valence-electron chi connectivity index (χ4n) is 2.40. The normalized spacial score (nSPS) is 22.5. The molecule has 0 aromatic carbocycles. The molecule has 0 aliphatic heterocycles. The van der Waals surface area contributed by atoms with Gasteiger partial charge < -0.3 is 5.32 Å². The highest BCUT2D eigenvalue weighted by atomic mass is 19.4. The Hall–Kier alpha value is -0.760. The number of nitrogens with one attached hydrogen (secondary N) is 1. The number of alkyl halides is 3. The maximum atomic E-state index is 12.3. The zero-order valence-corrected chi connectivity index (χ0v) is 9.63. The molecule has 0 aromatic rings. The third-order valence-electron chi connectivity index (χ3n) is 3.73. The van der Waals surface area contributed by atoms with E-state index >= 15 is 0 Å². The Morgan fingerprint density at radius 2 is 1.65 bits per heavy atom. The van der Waals surface area contributed by atoms with Gasteiger partial charge in [0.25, 0.3) is 0 Å². The number of halogens is 3. The van der Waals surface area contributed by atoms with Gasteiger partial charge in [0.15, 0.2) is 5.92 Å². The van der Waals surface area contributed by atoms with Crippen molar-refractivity contribution in [1.82, 2.24) is 5.32 Å². The topological polar surface area (TPSA) is 35.8 Å². The average molecular weight is 246 g/mol. The monoisotopic (exact) mass is 246 g/mol. The van der Waals surface area contributed by atoms with Gasteiger partial charge in [-0.2, -0.15) is 18.4 Å². The van der Waals surface area contributed by atoms with Crippen molar-refractivity contribution in [2.24, 2.45) is 23.7 Å². The molecule has 96 valence electrons. The van der Waals surface area contributed by atoms with E-state index in [1.54, 1.807) is 0 Å². The molecule has 0 spiro atoms. The third-order valence-corrected chi connectivity index (χ3v) is 3.73. The van der Waals surface area contributed by atoms with Crippen LogP contribution in [-0.4, -0.2) is 19.3 Å². The lowest BCUT2D eigenvalue weighted by Crippen LogP contribution is -2.35. The van der Waals surface area contributed by atoms with E-state index in [4.69, 9.17) is 5.26 Å². The van der Waals surface area contributed by atoms with Crippen LogP contribution in [0, 0.1) is 35.0 Å². The molecule has 0 heterocycles. The van der Waals surface area contributed by atoms with E-state index < -0.39 is 12.1 Å². The van der Waals surface area contributed by atoms with Gasteiger partial charge >= 0.3 is 6.18 Å². The van der Waals surface area contributed by atoms with Crippen LogP contribution in [0.5, 0.6) is 0 Å². The van der Waals surface area contributed by atoms with Crippen LogP contribution in [0.1, 0.15) is 25.7 Å². The molecular weight excluding hydrogens is 229 g/mol. The predicted octanol–water partition coefficient (Wildman–Crippen LogP) is 2.71. The minimum absolute atomic E-state index is 0.268. The first-order valence-electron chi connectivity index (χ1n) is 6.19. The molecule has 5 heteroatoms. The van der Waals surface area contributed by atoms with Crippen LogP contribution in [0.25, 0.3) is 0 Å². The van der Waals surface area contributed by atoms with Crippen molar-refractivity contribution >= 4 is 0 Å². The Morgan fingerprint density at radius 1 is 1.12 bits per heavy atom. The molecule has 2 nitrogen and oxygen atoms in total. The Bertz CT molecular complexity index is 288. The van der Waals surface area contributed by atoms with E-state index in [-0.39, 0.29) is 6.54 Å². The van der Waals surface area contributed by atoms with E-state index in [0.717, 1.165) is 11.8 Å². The highest BCUT2D eigenvalue weighted by Crippen LogP contribution is 2.48. The standard InChI is InChI=1S/C12H17F3N2/c13-12(14,15)10(5-16)6-17-7-11(8-1-2-8)9-3-4-9/h8-11,17H,1-4,6-7H2. The summed E-state index contributed by atoms with van der Waals surface area (Å²) in [7, 11) is 0. The number of hydrogen-bond donors (Lipinski definition) is 1. The first-order chi connectivity index (χ1) is 8.02. The van der Waals surface area contributed by atoms with E-state index in [1.807, 2.05) is 0 Å². The van der Waals surface area contributed by atoms with Crippen molar-refractivity contribution in [2.45, 2.75) is 31.9 Å². The van der Waals surface area contributed by atoms with Gasteiger partial charge in [-0.15, -0.1) is 0 Å². The molecule has 0 amide bonds. The number of hydrogen-bond acceptors (Lipinski definition) is 2. The van der Waals surface area contributed by atoms with Gasteiger partial charge in [0.2, 0.25) is 0 Å². The van der Waals surface area contributed by atoms with Gasteiger partial charge in [0.05, 0.1) is 6.07 Å². The van der Waals surface area contributed by atoms with Crippen molar-refractivity contribution in [3.8, 4) is 6.07 Å². The smallest absolute Gasteiger partial charge is 0.315 e. The number of nitriles is 1. The van der Waals surface area contributed by atoms with E-state index in [2.05, 4.69) is 5.32 Å². The first-order valence-corrected chi connectivity index (χ1v) is 6.19. The molecule has 1 unspecified atom stereocenters. The summed E-state index contributed by atoms with van der Waals surface area (Å²) >= 11 is 0. The average Bonchev–Trinajstić information content (AvgIpc) is 3.10. The molecule has 1 N–H and O–H groups in total. The second-order valence-electron chi connectivity index (χ2n) is 5.22. The van der Waals surface area contributed by atoms with Crippen LogP contribution in [0.3, 0.4) is 0 Å². The summed E-state index contributed by atoms with van der Waals surface area (Å²) in [4.78, 5) is 0. The van der Waals surface area contributed by atoms with Gasteiger partial charge in [-0.05, 0) is 50.0 Å². The second-order valence-corrected chi connectivity index (χ2v) is 5.22. The van der Waals surface area contributed by atoms with Crippen molar-refractivity contribution < 1.29 is 13.2 Å². The maximum Gasteiger partial charge on any atom is 0.405 e. The SMILES string of the molecule is N#CC(CNCC(C1CC1)C1CC1)C(F)(F)F. The molecule has 1 atom stereocenters. The molecule has 0 bridgehead atoms. The van der Waals surface area contributed by atoms with Crippen molar-refractivity contribution in [3.63, 3.8) is 0 Å². The summed E-state index contributed by atoms with van der Waals surface area (Å²) < 4.78 is 37.0. The Balaban J connectivity index is 1.72. The van der Waals surface area contributed by atoms with Gasteiger partial charge in [-0.3, -0.25) is 0 Å². The molecule has 0 radical (unpaired) electrons. The largest absolute Gasteiger partial charge is 0.405 e. The Morgan fingerprint density at radius 3 is 2.00 bits per heavy atom. The van der Waals surface area contributed by atoms with E-state index in [1.165, 1.54) is 31.8 Å². The summed E-state index contributed by atoms with van der Waals surface area (Å²) in [6, 6.07) is 1.32. The van der Waals surface area contributed by atoms with Crippen molar-refractivity contribution in [1.29, 1.82) is 5.26 Å². The molecule has 2 saturated carbocycles. The summed E-state index contributed by atoms with van der Waals surface area (Å²) in [5.41, 5.74) is 0. The van der Waals surface area contributed by atoms with Crippen LogP contribution in [0.4, 0.5) is 13.2 Å². The second kappa shape index (κ2) is 4.85. The maximum absolute atomic E-state index is 12.3. The molecule has 2 aliphatic carbocycles. The highest BCUT2D eigenvalue weighted by molar-refractivity contribution is 4.94. The number of nitrogens with zero attached hydrogens (tertiary/aromatic N) is 1. The van der Waals surface area contributed by atoms with Crippen LogP contribution in [-0.2, 0) is 0 Å². The predicted molar refractivity (Wildman–Crippen MR) is 57.0 cm³/mol. The van der Waals surface area contributed by atoms with Crippen LogP contribution >= 0.6 is 0 Å². The summed E-state index contributed by atoms with van der Waals surface area (Å²) in [5.74, 6) is 0.118. The van der Waals surface area contributed by atoms with Crippen molar-refractivity contribution in [3.05, 3.63) is 0 Å². The van der Waals surface area contributed by atoms with Gasteiger partial charge in [0.1, 0.15) is 0 Å². The lowest BCUT2D eigenvalue weighted by molar-refractivity contribution is -0.157. The molecule has 0 aromatic heterocycles. The van der Waals surface area contributed by atoms with Crippen LogP contribution < -0.4 is 5.32 Å². The van der Waals surface area contributed by atoms with Crippen LogP contribution in [0.15, 0.2) is 0 Å². The van der Waals surface area contributed by atoms with Crippen molar-refractivity contribution in [2.75, 3.05) is 13.1 Å². The zero-order valence-electron chi connectivity index (χ0n) is 9.63. The van der Waals surface area contributed by atoms with Gasteiger partial charge in [-0.25, -0.2) is 0 Å². The molecular formula is C12H17F3N2. The van der Waals surface area contributed by atoms with Gasteiger partial charge in [-0.1, -0.05) is 0 Å². The first kappa shape index (κ1) is 12.7. The summed E-state index contributed by atoms with van der Waals surface area (Å²) in [6.07, 6.45) is 0.498. The highest BCUT2D eigenvalue weighted by Gasteiger charge is 2.42. The third kappa shape index (κ3) is 3.60. The van der Waals surface area contributed by atoms with E-state index in [0.29, 0.717) is 12.5 Å². The quantitative estimate of drug-likeness (QED) is 0.782. The van der Waals surface area contributed by atoms with Crippen LogP contribution in [0.2, 0.25) is 0 Å². The molecule has 2 rings (SSSR count). The zero-order chi connectivity index (χ0) is 12.5. The Kier molecular flexibility index (Phi) is 3.62. The fourth-order valence-corrected chi connectivity index (χ4v) is 2.40. The molecule has 0 saturated heterocycles. The number of rotatable bonds is 6. The Labute approximate surface area is 99.2 Å². The van der Waals surface area contributed by atoms with E-state index in [9.17, 15) is 13.2 Å². The lowest BCUT2D eigenvalue weighted by atomic mass is 9.97. The molecule has 17 heavy (non-hydrogen) atoms. The molecule has 2 fully saturated rings. The lowest BCUT2D eigenvalue weighted by Gasteiger charge is -2.18. The minimum Gasteiger partial charge on any atom is -0.315 e. The minimum atomic E-state index is -4.41. The molecule has 2 aliphatic rings. The fraction of sp³-hybridized carbons (Fsp3) is 0.917. The summed E-state index contributed by atoms with van der Waals surface area (Å²) in [5, 5.41) is 11.3.